The van der Waals surface area contributed by atoms with Crippen molar-refractivity contribution in [3.05, 3.63) is 35.9 Å². The van der Waals surface area contributed by atoms with E-state index in [-0.39, 0.29) is 11.4 Å². The molecule has 1 spiro atoms. The molecule has 2 aliphatic heterocycles. The lowest BCUT2D eigenvalue weighted by Crippen LogP contribution is -2.45. The van der Waals surface area contributed by atoms with Gasteiger partial charge < -0.3 is 10.6 Å². The Bertz CT molecular complexity index is 476. The number of carbonyl (C=O) groups is 1. The Balaban J connectivity index is 1.64. The van der Waals surface area contributed by atoms with Crippen LogP contribution >= 0.6 is 0 Å². The van der Waals surface area contributed by atoms with E-state index in [0.29, 0.717) is 0 Å². The van der Waals surface area contributed by atoms with E-state index in [1.807, 2.05) is 4.90 Å². The van der Waals surface area contributed by atoms with Gasteiger partial charge in [-0.1, -0.05) is 30.3 Å². The maximum absolute atomic E-state index is 11.3. The molecule has 20 heavy (non-hydrogen) atoms. The molecular weight excluding hydrogens is 250 g/mol. The second-order valence-corrected chi connectivity index (χ2v) is 6.31. The van der Waals surface area contributed by atoms with Crippen LogP contribution in [0.1, 0.15) is 24.8 Å². The summed E-state index contributed by atoms with van der Waals surface area (Å²) < 4.78 is 0. The molecule has 0 aromatic heterocycles. The standard InChI is InChI=1S/C16H23N3O/c17-15(20)19-10-8-16(13-19)7-4-9-18(12-16)11-14-5-2-1-3-6-14/h1-3,5-6H,4,7-13H2,(H2,17,20). The van der Waals surface area contributed by atoms with Crippen molar-refractivity contribution in [2.45, 2.75) is 25.8 Å². The van der Waals surface area contributed by atoms with Crippen molar-refractivity contribution in [3.63, 3.8) is 0 Å². The van der Waals surface area contributed by atoms with E-state index >= 15 is 0 Å². The zero-order chi connectivity index (χ0) is 14.0. The van der Waals surface area contributed by atoms with E-state index in [1.54, 1.807) is 0 Å². The first-order valence-electron chi connectivity index (χ1n) is 7.48. The molecule has 2 amide bonds. The molecule has 4 heteroatoms. The van der Waals surface area contributed by atoms with Crippen LogP contribution in [-0.4, -0.2) is 42.0 Å². The smallest absolute Gasteiger partial charge is 0.314 e. The van der Waals surface area contributed by atoms with E-state index in [1.165, 1.54) is 18.4 Å². The Morgan fingerprint density at radius 3 is 2.65 bits per heavy atom. The summed E-state index contributed by atoms with van der Waals surface area (Å²) in [4.78, 5) is 15.7. The summed E-state index contributed by atoms with van der Waals surface area (Å²) in [5.74, 6) is 0. The van der Waals surface area contributed by atoms with Gasteiger partial charge in [-0.05, 0) is 31.4 Å². The van der Waals surface area contributed by atoms with E-state index in [2.05, 4.69) is 35.2 Å². The molecule has 0 aliphatic carbocycles. The topological polar surface area (TPSA) is 49.6 Å². The van der Waals surface area contributed by atoms with Gasteiger partial charge in [-0.3, -0.25) is 4.90 Å². The van der Waals surface area contributed by atoms with Crippen LogP contribution in [0.3, 0.4) is 0 Å². The first-order valence-corrected chi connectivity index (χ1v) is 7.48. The minimum absolute atomic E-state index is 0.262. The number of amides is 2. The van der Waals surface area contributed by atoms with Gasteiger partial charge in [0.1, 0.15) is 0 Å². The first kappa shape index (κ1) is 13.4. The van der Waals surface area contributed by atoms with Crippen molar-refractivity contribution in [3.8, 4) is 0 Å². The largest absolute Gasteiger partial charge is 0.351 e. The van der Waals surface area contributed by atoms with Gasteiger partial charge in [0.15, 0.2) is 0 Å². The molecule has 108 valence electrons. The van der Waals surface area contributed by atoms with Gasteiger partial charge in [-0.2, -0.15) is 0 Å². The zero-order valence-electron chi connectivity index (χ0n) is 11.9. The van der Waals surface area contributed by atoms with Crippen LogP contribution in [0, 0.1) is 5.41 Å². The van der Waals surface area contributed by atoms with Gasteiger partial charge in [-0.15, -0.1) is 0 Å². The van der Waals surface area contributed by atoms with E-state index in [0.717, 1.165) is 39.1 Å². The van der Waals surface area contributed by atoms with Crippen LogP contribution in [0.4, 0.5) is 4.79 Å². The highest BCUT2D eigenvalue weighted by Crippen LogP contribution is 2.39. The van der Waals surface area contributed by atoms with Gasteiger partial charge in [0.25, 0.3) is 0 Å². The summed E-state index contributed by atoms with van der Waals surface area (Å²) in [6.07, 6.45) is 3.54. The Kier molecular flexibility index (Phi) is 3.66. The highest BCUT2D eigenvalue weighted by molar-refractivity contribution is 5.72. The number of piperidine rings is 1. The summed E-state index contributed by atoms with van der Waals surface area (Å²) in [6, 6.07) is 10.4. The van der Waals surface area contributed by atoms with Gasteiger partial charge >= 0.3 is 6.03 Å². The molecule has 1 aromatic carbocycles. The van der Waals surface area contributed by atoms with Crippen LogP contribution in [0.15, 0.2) is 30.3 Å². The summed E-state index contributed by atoms with van der Waals surface area (Å²) in [7, 11) is 0. The van der Waals surface area contributed by atoms with Crippen LogP contribution in [0.5, 0.6) is 0 Å². The summed E-state index contributed by atoms with van der Waals surface area (Å²) in [6.45, 7) is 4.93. The van der Waals surface area contributed by atoms with Crippen molar-refractivity contribution < 1.29 is 4.79 Å². The number of nitrogens with two attached hydrogens (primary N) is 1. The number of nitrogens with zero attached hydrogens (tertiary/aromatic N) is 2. The Labute approximate surface area is 120 Å². The molecule has 2 N–H and O–H groups in total. The molecule has 3 rings (SSSR count). The maximum Gasteiger partial charge on any atom is 0.314 e. The number of rotatable bonds is 2. The maximum atomic E-state index is 11.3. The first-order chi connectivity index (χ1) is 9.67. The number of primary amides is 1. The zero-order valence-corrected chi connectivity index (χ0v) is 11.9. The van der Waals surface area contributed by atoms with Crippen molar-refractivity contribution in [2.24, 2.45) is 11.1 Å². The Morgan fingerprint density at radius 1 is 1.15 bits per heavy atom. The van der Waals surface area contributed by atoms with E-state index < -0.39 is 0 Å². The SMILES string of the molecule is NC(=O)N1CCC2(CCCN(Cc3ccccc3)C2)C1. The molecule has 0 bridgehead atoms. The predicted octanol–water partition coefficient (Wildman–Crippen LogP) is 2.05. The minimum Gasteiger partial charge on any atom is -0.351 e. The monoisotopic (exact) mass is 273 g/mol. The second-order valence-electron chi connectivity index (χ2n) is 6.31. The lowest BCUT2D eigenvalue weighted by molar-refractivity contribution is 0.0903. The number of urea groups is 1. The van der Waals surface area contributed by atoms with Gasteiger partial charge in [-0.25, -0.2) is 4.79 Å². The average molecular weight is 273 g/mol. The third kappa shape index (κ3) is 2.80. The second kappa shape index (κ2) is 5.44. The number of hydrogen-bond donors (Lipinski definition) is 1. The molecule has 2 aliphatic rings. The summed E-state index contributed by atoms with van der Waals surface area (Å²) in [5, 5.41) is 0. The van der Waals surface area contributed by atoms with Crippen molar-refractivity contribution in [1.82, 2.24) is 9.80 Å². The normalized spacial score (nSPS) is 27.1. The van der Waals surface area contributed by atoms with Crippen molar-refractivity contribution >= 4 is 6.03 Å². The summed E-state index contributed by atoms with van der Waals surface area (Å²) in [5.41, 5.74) is 7.07. The number of carbonyl (C=O) groups excluding carboxylic acids is 1. The Morgan fingerprint density at radius 2 is 1.95 bits per heavy atom. The quantitative estimate of drug-likeness (QED) is 0.896. The van der Waals surface area contributed by atoms with Crippen molar-refractivity contribution in [1.29, 1.82) is 0 Å². The van der Waals surface area contributed by atoms with E-state index in [9.17, 15) is 4.79 Å². The molecule has 2 saturated heterocycles. The van der Waals surface area contributed by atoms with Gasteiger partial charge in [0.2, 0.25) is 0 Å². The fourth-order valence-electron chi connectivity index (χ4n) is 3.74. The van der Waals surface area contributed by atoms with Gasteiger partial charge in [0, 0.05) is 31.6 Å². The van der Waals surface area contributed by atoms with Crippen molar-refractivity contribution in [2.75, 3.05) is 26.2 Å². The highest BCUT2D eigenvalue weighted by atomic mass is 16.2. The molecule has 1 unspecified atom stereocenters. The minimum atomic E-state index is -0.262. The third-order valence-electron chi connectivity index (χ3n) is 4.74. The lowest BCUT2D eigenvalue weighted by Gasteiger charge is -2.40. The van der Waals surface area contributed by atoms with Crippen LogP contribution in [0.2, 0.25) is 0 Å². The van der Waals surface area contributed by atoms with E-state index in [4.69, 9.17) is 5.73 Å². The summed E-state index contributed by atoms with van der Waals surface area (Å²) >= 11 is 0. The van der Waals surface area contributed by atoms with Crippen LogP contribution < -0.4 is 5.73 Å². The molecule has 2 fully saturated rings. The van der Waals surface area contributed by atoms with Crippen LogP contribution in [-0.2, 0) is 6.54 Å². The molecular formula is C16H23N3O. The van der Waals surface area contributed by atoms with Gasteiger partial charge in [0.05, 0.1) is 0 Å². The molecule has 4 nitrogen and oxygen atoms in total. The molecule has 1 aromatic rings. The fraction of sp³-hybridized carbons (Fsp3) is 0.562. The molecule has 0 saturated carbocycles. The lowest BCUT2D eigenvalue weighted by atomic mass is 9.79. The number of hydrogen-bond acceptors (Lipinski definition) is 2. The third-order valence-corrected chi connectivity index (χ3v) is 4.74. The molecule has 0 radical (unpaired) electrons. The molecule has 2 heterocycles. The molecule has 1 atom stereocenters. The van der Waals surface area contributed by atoms with Crippen LogP contribution in [0.25, 0.3) is 0 Å². The average Bonchev–Trinajstić information content (AvgIpc) is 2.84. The number of likely N-dealkylation sites (tertiary alicyclic amines) is 2. The highest BCUT2D eigenvalue weighted by Gasteiger charge is 2.42. The predicted molar refractivity (Wildman–Crippen MR) is 79.2 cm³/mol. The number of benzene rings is 1. The fourth-order valence-corrected chi connectivity index (χ4v) is 3.74. The Hall–Kier alpha value is -1.55.